The SMILES string of the molecule is CCNCc1cc(F)ccc1N1CCCS(=O)(=O)CC1. The van der Waals surface area contributed by atoms with E-state index >= 15 is 0 Å². The number of hydrogen-bond donors (Lipinski definition) is 1. The number of rotatable bonds is 4. The van der Waals surface area contributed by atoms with Gasteiger partial charge in [-0.2, -0.15) is 0 Å². The molecule has 20 heavy (non-hydrogen) atoms. The molecule has 1 fully saturated rings. The fourth-order valence-electron chi connectivity index (χ4n) is 2.44. The standard InChI is InChI=1S/C14H21FN2O2S/c1-2-16-11-12-10-13(15)4-5-14(12)17-6-3-8-20(18,19)9-7-17/h4-5,10,16H,2-3,6-9,11H2,1H3. The van der Waals surface area contributed by atoms with Gasteiger partial charge in [0.2, 0.25) is 0 Å². The van der Waals surface area contributed by atoms with E-state index in [1.165, 1.54) is 12.1 Å². The molecule has 0 aliphatic carbocycles. The molecular weight excluding hydrogens is 279 g/mol. The smallest absolute Gasteiger partial charge is 0.152 e. The fraction of sp³-hybridized carbons (Fsp3) is 0.571. The van der Waals surface area contributed by atoms with Crippen molar-refractivity contribution in [3.05, 3.63) is 29.6 Å². The minimum atomic E-state index is -2.93. The highest BCUT2D eigenvalue weighted by molar-refractivity contribution is 7.91. The maximum atomic E-state index is 13.4. The molecule has 0 amide bonds. The fourth-order valence-corrected chi connectivity index (χ4v) is 3.71. The van der Waals surface area contributed by atoms with Crippen molar-refractivity contribution in [3.8, 4) is 0 Å². The molecule has 6 heteroatoms. The predicted molar refractivity (Wildman–Crippen MR) is 79.3 cm³/mol. The monoisotopic (exact) mass is 300 g/mol. The van der Waals surface area contributed by atoms with Crippen LogP contribution in [0, 0.1) is 5.82 Å². The second kappa shape index (κ2) is 6.54. The summed E-state index contributed by atoms with van der Waals surface area (Å²) < 4.78 is 36.7. The van der Waals surface area contributed by atoms with Crippen molar-refractivity contribution in [2.24, 2.45) is 0 Å². The zero-order valence-corrected chi connectivity index (χ0v) is 12.5. The lowest BCUT2D eigenvalue weighted by molar-refractivity contribution is 0.597. The van der Waals surface area contributed by atoms with Crippen LogP contribution in [-0.2, 0) is 16.4 Å². The van der Waals surface area contributed by atoms with Gasteiger partial charge in [-0.25, -0.2) is 12.8 Å². The zero-order chi connectivity index (χ0) is 14.6. The highest BCUT2D eigenvalue weighted by Crippen LogP contribution is 2.23. The number of anilines is 1. The van der Waals surface area contributed by atoms with Crippen molar-refractivity contribution in [2.45, 2.75) is 19.9 Å². The average Bonchev–Trinajstić information content (AvgIpc) is 2.58. The van der Waals surface area contributed by atoms with Crippen LogP contribution in [0.5, 0.6) is 0 Å². The van der Waals surface area contributed by atoms with Crippen molar-refractivity contribution >= 4 is 15.5 Å². The molecule has 1 N–H and O–H groups in total. The van der Waals surface area contributed by atoms with Gasteiger partial charge in [-0.15, -0.1) is 0 Å². The van der Waals surface area contributed by atoms with Crippen molar-refractivity contribution in [1.82, 2.24) is 5.32 Å². The Morgan fingerprint density at radius 2 is 2.10 bits per heavy atom. The number of halogens is 1. The van der Waals surface area contributed by atoms with Gasteiger partial charge in [0.15, 0.2) is 9.84 Å². The molecule has 112 valence electrons. The Kier molecular flexibility index (Phi) is 4.99. The Balaban J connectivity index is 2.22. The summed E-state index contributed by atoms with van der Waals surface area (Å²) in [6, 6.07) is 4.71. The topological polar surface area (TPSA) is 49.4 Å². The van der Waals surface area contributed by atoms with E-state index in [1.54, 1.807) is 6.07 Å². The zero-order valence-electron chi connectivity index (χ0n) is 11.7. The van der Waals surface area contributed by atoms with Crippen LogP contribution in [0.15, 0.2) is 18.2 Å². The minimum Gasteiger partial charge on any atom is -0.370 e. The molecule has 1 aromatic rings. The Morgan fingerprint density at radius 3 is 2.85 bits per heavy atom. The lowest BCUT2D eigenvalue weighted by Crippen LogP contribution is -2.28. The third kappa shape index (κ3) is 3.93. The van der Waals surface area contributed by atoms with Gasteiger partial charge in [0.25, 0.3) is 0 Å². The number of nitrogens with one attached hydrogen (secondary N) is 1. The minimum absolute atomic E-state index is 0.172. The number of hydrogen-bond acceptors (Lipinski definition) is 4. The molecule has 0 unspecified atom stereocenters. The summed E-state index contributed by atoms with van der Waals surface area (Å²) in [6.45, 7) is 4.58. The summed E-state index contributed by atoms with van der Waals surface area (Å²) in [4.78, 5) is 2.05. The van der Waals surface area contributed by atoms with E-state index in [9.17, 15) is 12.8 Å². The summed E-state index contributed by atoms with van der Waals surface area (Å²) in [5, 5.41) is 3.19. The molecule has 0 radical (unpaired) electrons. The van der Waals surface area contributed by atoms with Gasteiger partial charge < -0.3 is 10.2 Å². The third-order valence-electron chi connectivity index (χ3n) is 3.50. The van der Waals surface area contributed by atoms with Gasteiger partial charge in [0.1, 0.15) is 5.82 Å². The Labute approximate surface area is 119 Å². The van der Waals surface area contributed by atoms with Crippen LogP contribution < -0.4 is 10.2 Å². The maximum absolute atomic E-state index is 13.4. The van der Waals surface area contributed by atoms with E-state index in [1.807, 2.05) is 6.92 Å². The lowest BCUT2D eigenvalue weighted by atomic mass is 10.1. The molecule has 1 aliphatic rings. The molecule has 4 nitrogen and oxygen atoms in total. The Bertz CT molecular complexity index is 560. The van der Waals surface area contributed by atoms with Crippen molar-refractivity contribution < 1.29 is 12.8 Å². The highest BCUT2D eigenvalue weighted by atomic mass is 32.2. The van der Waals surface area contributed by atoms with Crippen molar-refractivity contribution in [1.29, 1.82) is 0 Å². The van der Waals surface area contributed by atoms with E-state index in [4.69, 9.17) is 0 Å². The van der Waals surface area contributed by atoms with Crippen LogP contribution >= 0.6 is 0 Å². The summed E-state index contributed by atoms with van der Waals surface area (Å²) in [6.07, 6.45) is 0.625. The van der Waals surface area contributed by atoms with E-state index in [0.717, 1.165) is 17.8 Å². The molecule has 1 aromatic carbocycles. The molecule has 0 spiro atoms. The van der Waals surface area contributed by atoms with Crippen molar-refractivity contribution in [3.63, 3.8) is 0 Å². The molecule has 1 aliphatic heterocycles. The third-order valence-corrected chi connectivity index (χ3v) is 5.22. The van der Waals surface area contributed by atoms with E-state index in [2.05, 4.69) is 10.2 Å². The first kappa shape index (κ1) is 15.3. The van der Waals surface area contributed by atoms with Crippen LogP contribution in [0.4, 0.5) is 10.1 Å². The molecule has 0 atom stereocenters. The first-order valence-corrected chi connectivity index (χ1v) is 8.78. The molecule has 1 heterocycles. The van der Waals surface area contributed by atoms with Gasteiger partial charge in [0.05, 0.1) is 11.5 Å². The van der Waals surface area contributed by atoms with Crippen LogP contribution in [0.25, 0.3) is 0 Å². The summed E-state index contributed by atoms with van der Waals surface area (Å²) in [5.41, 5.74) is 1.82. The second-order valence-electron chi connectivity index (χ2n) is 5.05. The van der Waals surface area contributed by atoms with E-state index in [0.29, 0.717) is 26.1 Å². The van der Waals surface area contributed by atoms with Gasteiger partial charge >= 0.3 is 0 Å². The first-order valence-electron chi connectivity index (χ1n) is 6.96. The van der Waals surface area contributed by atoms with Gasteiger partial charge in [-0.1, -0.05) is 6.92 Å². The lowest BCUT2D eigenvalue weighted by Gasteiger charge is -2.25. The molecule has 2 rings (SSSR count). The maximum Gasteiger partial charge on any atom is 0.152 e. The molecule has 0 saturated carbocycles. The van der Waals surface area contributed by atoms with Crippen molar-refractivity contribution in [2.75, 3.05) is 36.0 Å². The quantitative estimate of drug-likeness (QED) is 0.917. The predicted octanol–water partition coefficient (Wildman–Crippen LogP) is 1.56. The summed E-state index contributed by atoms with van der Waals surface area (Å²) >= 11 is 0. The molecular formula is C14H21FN2O2S. The normalized spacial score (nSPS) is 18.8. The average molecular weight is 300 g/mol. The number of nitrogens with zero attached hydrogens (tertiary/aromatic N) is 1. The van der Waals surface area contributed by atoms with E-state index in [-0.39, 0.29) is 17.3 Å². The largest absolute Gasteiger partial charge is 0.370 e. The van der Waals surface area contributed by atoms with Crippen LogP contribution in [0.1, 0.15) is 18.9 Å². The Morgan fingerprint density at radius 1 is 1.30 bits per heavy atom. The van der Waals surface area contributed by atoms with Gasteiger partial charge in [-0.05, 0) is 36.7 Å². The van der Waals surface area contributed by atoms with Crippen LogP contribution in [0.3, 0.4) is 0 Å². The van der Waals surface area contributed by atoms with Gasteiger partial charge in [-0.3, -0.25) is 0 Å². The highest BCUT2D eigenvalue weighted by Gasteiger charge is 2.20. The summed E-state index contributed by atoms with van der Waals surface area (Å²) in [5.74, 6) is 0.155. The molecule has 0 aromatic heterocycles. The summed E-state index contributed by atoms with van der Waals surface area (Å²) in [7, 11) is -2.93. The first-order chi connectivity index (χ1) is 9.52. The van der Waals surface area contributed by atoms with Crippen LogP contribution in [-0.4, -0.2) is 39.6 Å². The number of benzene rings is 1. The molecule has 1 saturated heterocycles. The second-order valence-corrected chi connectivity index (χ2v) is 7.35. The Hall–Kier alpha value is -1.14. The van der Waals surface area contributed by atoms with E-state index < -0.39 is 9.84 Å². The van der Waals surface area contributed by atoms with Gasteiger partial charge in [0, 0.05) is 25.3 Å². The number of sulfone groups is 1. The van der Waals surface area contributed by atoms with Crippen LogP contribution in [0.2, 0.25) is 0 Å². The molecule has 0 bridgehead atoms.